The first-order valence-electron chi connectivity index (χ1n) is 10.3. The van der Waals surface area contributed by atoms with Crippen LogP contribution in [0, 0.1) is 21.7 Å². The second kappa shape index (κ2) is 8.07. The fraction of sp³-hybridized carbons (Fsp3) is 0.130. The van der Waals surface area contributed by atoms with E-state index in [1.165, 1.54) is 6.07 Å². The number of non-ortho nitro benzene ring substituents is 1. The summed E-state index contributed by atoms with van der Waals surface area (Å²) in [7, 11) is -4.67. The van der Waals surface area contributed by atoms with Crippen LogP contribution in [0.2, 0.25) is 5.02 Å². The number of benzene rings is 3. The predicted molar refractivity (Wildman–Crippen MR) is 125 cm³/mol. The van der Waals surface area contributed by atoms with Crippen molar-refractivity contribution in [1.29, 1.82) is 0 Å². The molecule has 0 radical (unpaired) electrons. The van der Waals surface area contributed by atoms with Gasteiger partial charge in [-0.2, -0.15) is 0 Å². The number of rotatable bonds is 4. The van der Waals surface area contributed by atoms with Crippen LogP contribution in [0.3, 0.4) is 0 Å². The predicted octanol–water partition coefficient (Wildman–Crippen LogP) is 3.69. The Morgan fingerprint density at radius 1 is 1.03 bits per heavy atom. The maximum absolute atomic E-state index is 14.1. The molecule has 2 aliphatic rings. The molecule has 0 aromatic heterocycles. The van der Waals surface area contributed by atoms with Crippen molar-refractivity contribution in [2.45, 2.75) is 11.4 Å². The van der Waals surface area contributed by atoms with Crippen LogP contribution >= 0.6 is 11.6 Å². The summed E-state index contributed by atoms with van der Waals surface area (Å²) in [6.45, 7) is -0.179. The summed E-state index contributed by atoms with van der Waals surface area (Å²) >= 11 is 6.05. The molecule has 13 heteroatoms. The number of nitro groups is 1. The van der Waals surface area contributed by atoms with Gasteiger partial charge in [-0.15, -0.1) is 0 Å². The van der Waals surface area contributed by atoms with Crippen molar-refractivity contribution in [3.8, 4) is 0 Å². The van der Waals surface area contributed by atoms with Gasteiger partial charge in [0.15, 0.2) is 21.5 Å². The third-order valence-corrected chi connectivity index (χ3v) is 8.44. The van der Waals surface area contributed by atoms with E-state index < -0.39 is 60.2 Å². The average Bonchev–Trinajstić information content (AvgIpc) is 3.18. The highest BCUT2D eigenvalue weighted by Gasteiger charge is 2.70. The number of sulfone groups is 1. The lowest BCUT2D eigenvalue weighted by Crippen LogP contribution is -2.54. The first kappa shape index (κ1) is 23.8. The maximum Gasteiger partial charge on any atom is 0.274 e. The normalized spacial score (nSPS) is 20.3. The zero-order chi connectivity index (χ0) is 26.0. The molecule has 9 nitrogen and oxygen atoms in total. The van der Waals surface area contributed by atoms with E-state index >= 15 is 0 Å². The highest BCUT2D eigenvalue weighted by atomic mass is 35.5. The molecule has 2 aliphatic heterocycles. The first-order valence-corrected chi connectivity index (χ1v) is 12.4. The van der Waals surface area contributed by atoms with Crippen LogP contribution in [-0.2, 0) is 30.8 Å². The molecular formula is C23H14ClF2N3O6S. The molecule has 1 spiro atoms. The Balaban J connectivity index is 1.80. The number of nitrogens with zero attached hydrogens (tertiary/aromatic N) is 3. The lowest BCUT2D eigenvalue weighted by Gasteiger charge is -2.32. The van der Waals surface area contributed by atoms with E-state index in [1.807, 2.05) is 0 Å². The van der Waals surface area contributed by atoms with E-state index in [1.54, 1.807) is 24.3 Å². The van der Waals surface area contributed by atoms with E-state index in [0.717, 1.165) is 23.1 Å². The number of carbonyl (C=O) groups is 2. The first-order chi connectivity index (χ1) is 17.0. The summed E-state index contributed by atoms with van der Waals surface area (Å²) in [6.07, 6.45) is 0. The second-order valence-electron chi connectivity index (χ2n) is 8.21. The Kier molecular flexibility index (Phi) is 5.34. The number of amides is 2. The molecule has 0 bridgehead atoms. The smallest absolute Gasteiger partial charge is 0.274 e. The van der Waals surface area contributed by atoms with Crippen molar-refractivity contribution in [3.63, 3.8) is 0 Å². The minimum Gasteiger partial charge on any atom is -0.304 e. The molecule has 5 rings (SSSR count). The maximum atomic E-state index is 14.1. The molecule has 3 aromatic rings. The summed E-state index contributed by atoms with van der Waals surface area (Å²) in [4.78, 5) is 36.7. The third-order valence-electron chi connectivity index (χ3n) is 6.10. The fourth-order valence-corrected chi connectivity index (χ4v) is 6.88. The molecule has 3 aromatic carbocycles. The molecule has 184 valence electrons. The van der Waals surface area contributed by atoms with Gasteiger partial charge in [0.2, 0.25) is 5.91 Å². The Bertz CT molecular complexity index is 1600. The Morgan fingerprint density at radius 3 is 2.44 bits per heavy atom. The fourth-order valence-electron chi connectivity index (χ4n) is 4.64. The number of hydrogen-bond acceptors (Lipinski definition) is 6. The van der Waals surface area contributed by atoms with Gasteiger partial charge in [-0.05, 0) is 35.9 Å². The molecule has 1 unspecified atom stereocenters. The number of hydrogen-bond donors (Lipinski definition) is 0. The van der Waals surface area contributed by atoms with Gasteiger partial charge in [-0.25, -0.2) is 17.2 Å². The Labute approximate surface area is 207 Å². The number of carbonyl (C=O) groups excluding carboxylic acids is 2. The summed E-state index contributed by atoms with van der Waals surface area (Å²) in [5.41, 5.74) is -0.727. The topological polar surface area (TPSA) is 118 Å². The van der Waals surface area contributed by atoms with Crippen LogP contribution in [-0.4, -0.2) is 30.9 Å². The number of nitro benzene ring substituents is 1. The van der Waals surface area contributed by atoms with Gasteiger partial charge in [0.1, 0.15) is 5.75 Å². The van der Waals surface area contributed by atoms with Crippen LogP contribution in [0.25, 0.3) is 0 Å². The lowest BCUT2D eigenvalue weighted by molar-refractivity contribution is -0.384. The van der Waals surface area contributed by atoms with Crippen molar-refractivity contribution in [1.82, 2.24) is 0 Å². The summed E-state index contributed by atoms with van der Waals surface area (Å²) in [5.74, 6) is -5.91. The van der Waals surface area contributed by atoms with Gasteiger partial charge in [0, 0.05) is 34.5 Å². The van der Waals surface area contributed by atoms with Gasteiger partial charge in [0.25, 0.3) is 16.5 Å². The molecule has 1 saturated heterocycles. The van der Waals surface area contributed by atoms with Crippen LogP contribution in [0.1, 0.15) is 11.1 Å². The van der Waals surface area contributed by atoms with Gasteiger partial charge >= 0.3 is 0 Å². The summed E-state index contributed by atoms with van der Waals surface area (Å²) in [6, 6.07) is 11.9. The van der Waals surface area contributed by atoms with Crippen molar-refractivity contribution in [2.75, 3.05) is 15.6 Å². The van der Waals surface area contributed by atoms with Gasteiger partial charge < -0.3 is 4.90 Å². The number of halogens is 3. The molecule has 2 heterocycles. The van der Waals surface area contributed by atoms with Crippen molar-refractivity contribution < 1.29 is 31.7 Å². The zero-order valence-corrected chi connectivity index (χ0v) is 19.6. The van der Waals surface area contributed by atoms with Crippen LogP contribution in [0.15, 0.2) is 60.7 Å². The minimum atomic E-state index is -4.67. The standard InChI is InChI=1S/C23H14ClF2N3O6S/c24-14-3-1-2-13(8-14)11-27-20-7-5-16(29(32)33)9-17(20)23(22(27)31)28(21(30)12-36(23,34)35)15-4-6-18(25)19(26)10-15/h1-10H,11-12H2. The molecule has 0 aliphatic carbocycles. The zero-order valence-electron chi connectivity index (χ0n) is 18.0. The highest BCUT2D eigenvalue weighted by molar-refractivity contribution is 7.94. The molecule has 1 atom stereocenters. The molecule has 0 N–H and O–H groups in total. The van der Waals surface area contributed by atoms with E-state index in [4.69, 9.17) is 11.6 Å². The van der Waals surface area contributed by atoms with Gasteiger partial charge in [0.05, 0.1) is 17.2 Å². The van der Waals surface area contributed by atoms with Crippen LogP contribution in [0.5, 0.6) is 0 Å². The average molecular weight is 534 g/mol. The van der Waals surface area contributed by atoms with Crippen molar-refractivity contribution in [3.05, 3.63) is 98.6 Å². The number of fused-ring (bicyclic) bond motifs is 2. The van der Waals surface area contributed by atoms with Crippen molar-refractivity contribution >= 4 is 50.3 Å². The minimum absolute atomic E-state index is 0.0106. The molecule has 0 saturated carbocycles. The van der Waals surface area contributed by atoms with E-state index in [9.17, 15) is 36.9 Å². The van der Waals surface area contributed by atoms with Crippen LogP contribution < -0.4 is 9.80 Å². The van der Waals surface area contributed by atoms with E-state index in [0.29, 0.717) is 27.6 Å². The Hall–Kier alpha value is -3.90. The van der Waals surface area contributed by atoms with E-state index in [-0.39, 0.29) is 17.8 Å². The SMILES string of the molecule is O=C1CS(=O)(=O)C2(C(=O)N(Cc3cccc(Cl)c3)c3ccc([N+](=O)[O-])cc32)N1c1ccc(F)c(F)c1. The van der Waals surface area contributed by atoms with Gasteiger partial charge in [-0.1, -0.05) is 23.7 Å². The largest absolute Gasteiger partial charge is 0.304 e. The quantitative estimate of drug-likeness (QED) is 0.373. The molecule has 2 amide bonds. The third kappa shape index (κ3) is 3.28. The van der Waals surface area contributed by atoms with Gasteiger partial charge in [-0.3, -0.25) is 24.6 Å². The summed E-state index contributed by atoms with van der Waals surface area (Å²) in [5, 5.41) is 11.9. The van der Waals surface area contributed by atoms with Crippen molar-refractivity contribution in [2.24, 2.45) is 0 Å². The monoisotopic (exact) mass is 533 g/mol. The molecular weight excluding hydrogens is 520 g/mol. The highest BCUT2D eigenvalue weighted by Crippen LogP contribution is 2.53. The molecule has 36 heavy (non-hydrogen) atoms. The summed E-state index contributed by atoms with van der Waals surface area (Å²) < 4.78 is 54.9. The molecule has 1 fully saturated rings. The lowest BCUT2D eigenvalue weighted by atomic mass is 10.0. The second-order valence-corrected chi connectivity index (χ2v) is 10.8. The number of anilines is 2. The Morgan fingerprint density at radius 2 is 1.78 bits per heavy atom. The van der Waals surface area contributed by atoms with E-state index in [2.05, 4.69) is 0 Å². The van der Waals surface area contributed by atoms with Crippen LogP contribution in [0.4, 0.5) is 25.8 Å².